The van der Waals surface area contributed by atoms with Gasteiger partial charge < -0.3 is 10.6 Å². The van der Waals surface area contributed by atoms with Gasteiger partial charge in [-0.1, -0.05) is 18.2 Å². The van der Waals surface area contributed by atoms with Crippen LogP contribution in [0.4, 0.5) is 8.78 Å². The minimum atomic E-state index is -3.14. The number of carbonyl (C=O) groups excluding carboxylic acids is 2. The van der Waals surface area contributed by atoms with Crippen molar-refractivity contribution in [2.75, 3.05) is 13.1 Å². The lowest BCUT2D eigenvalue weighted by molar-refractivity contribution is -0.146. The number of alkyl halides is 2. The number of Topliss-reactive ketones (excluding diaryl/α,β-unsaturated/α-hetero) is 1. The first kappa shape index (κ1) is 22.0. The van der Waals surface area contributed by atoms with Crippen molar-refractivity contribution in [3.8, 4) is 6.07 Å². The van der Waals surface area contributed by atoms with E-state index in [1.807, 2.05) is 32.1 Å². The normalized spacial score (nSPS) is 25.7. The maximum atomic E-state index is 13.8. The number of halogens is 2. The first-order chi connectivity index (χ1) is 14.2. The molecule has 3 atom stereocenters. The molecule has 30 heavy (non-hydrogen) atoms. The lowest BCUT2D eigenvalue weighted by Crippen LogP contribution is -2.61. The Hall–Kier alpha value is -2.67. The first-order valence-electron chi connectivity index (χ1n) is 9.70. The fraction of sp³-hybridized carbons (Fsp3) is 0.476. The number of carbonyl (C=O) groups is 2. The molecule has 1 amide bonds. The number of amides is 1. The van der Waals surface area contributed by atoms with Crippen molar-refractivity contribution in [1.82, 2.24) is 16.1 Å². The molecule has 160 valence electrons. The fourth-order valence-corrected chi connectivity index (χ4v) is 4.22. The molecule has 0 spiro atoms. The van der Waals surface area contributed by atoms with Crippen molar-refractivity contribution in [3.05, 3.63) is 40.5 Å². The second kappa shape index (κ2) is 8.60. The molecule has 3 rings (SSSR count). The van der Waals surface area contributed by atoms with Crippen molar-refractivity contribution in [3.63, 3.8) is 0 Å². The monoisotopic (exact) mass is 418 g/mol. The predicted octanol–water partition coefficient (Wildman–Crippen LogP) is 1.61. The molecule has 1 aromatic rings. The number of nitrogens with one attached hydrogen (secondary N) is 3. The number of hydroxylamine groups is 1. The fourth-order valence-electron chi connectivity index (χ4n) is 4.22. The van der Waals surface area contributed by atoms with Gasteiger partial charge in [-0.2, -0.15) is 5.26 Å². The van der Waals surface area contributed by atoms with Gasteiger partial charge >= 0.3 is 0 Å². The smallest absolute Gasteiger partial charge is 0.261 e. The van der Waals surface area contributed by atoms with Gasteiger partial charge in [-0.05, 0) is 42.5 Å². The minimum absolute atomic E-state index is 0.325. The summed E-state index contributed by atoms with van der Waals surface area (Å²) in [5.74, 6) is -5.92. The maximum Gasteiger partial charge on any atom is 0.261 e. The maximum absolute atomic E-state index is 13.8. The van der Waals surface area contributed by atoms with Crippen LogP contribution in [0, 0.1) is 31.1 Å². The van der Waals surface area contributed by atoms with Crippen LogP contribution in [0.3, 0.4) is 0 Å². The highest BCUT2D eigenvalue weighted by Crippen LogP contribution is 2.32. The van der Waals surface area contributed by atoms with Gasteiger partial charge in [0.25, 0.3) is 5.92 Å². The van der Waals surface area contributed by atoms with E-state index >= 15 is 0 Å². The van der Waals surface area contributed by atoms with Gasteiger partial charge in [-0.25, -0.2) is 14.3 Å². The molecule has 1 fully saturated rings. The van der Waals surface area contributed by atoms with Crippen molar-refractivity contribution in [1.29, 1.82) is 5.26 Å². The molecule has 4 N–H and O–H groups in total. The first-order valence-corrected chi connectivity index (χ1v) is 9.70. The number of piperidine rings is 1. The number of aryl methyl sites for hydroxylation is 2. The van der Waals surface area contributed by atoms with E-state index in [1.54, 1.807) is 0 Å². The second-order valence-corrected chi connectivity index (χ2v) is 7.89. The van der Waals surface area contributed by atoms with Gasteiger partial charge in [0.2, 0.25) is 5.91 Å². The highest BCUT2D eigenvalue weighted by atomic mass is 19.3. The van der Waals surface area contributed by atoms with Crippen molar-refractivity contribution >= 4 is 17.3 Å². The quantitative estimate of drug-likeness (QED) is 0.436. The van der Waals surface area contributed by atoms with E-state index in [0.29, 0.717) is 18.5 Å². The van der Waals surface area contributed by atoms with Crippen molar-refractivity contribution in [2.45, 2.75) is 44.7 Å². The standard InChI is InChI=1S/C21H24F2N4O3/c1-11-5-14(6-12(2)16(11)9-24)13-3-4-25-17(7-13)19(28)18-15(20(29)27-30)8-21(22,23)10-26-18/h3,5-6,15,17-18,25-26,30H,4,7-8,10H2,1-2H3,(H,27,29)/t15-,17?,18-/m0/s1. The van der Waals surface area contributed by atoms with Crippen LogP contribution in [0.15, 0.2) is 18.2 Å². The van der Waals surface area contributed by atoms with Crippen LogP contribution in [-0.4, -0.2) is 48.0 Å². The van der Waals surface area contributed by atoms with Gasteiger partial charge in [0.15, 0.2) is 5.78 Å². The Labute approximate surface area is 173 Å². The molecule has 9 heteroatoms. The van der Waals surface area contributed by atoms with E-state index in [9.17, 15) is 23.6 Å². The van der Waals surface area contributed by atoms with E-state index in [1.165, 1.54) is 5.48 Å². The predicted molar refractivity (Wildman–Crippen MR) is 105 cm³/mol. The number of benzene rings is 1. The molecule has 1 unspecified atom stereocenters. The van der Waals surface area contributed by atoms with Crippen molar-refractivity contribution in [2.24, 2.45) is 5.92 Å². The Morgan fingerprint density at radius 1 is 1.27 bits per heavy atom. The van der Waals surface area contributed by atoms with E-state index in [0.717, 1.165) is 22.3 Å². The SMILES string of the molecule is Cc1cc(C2=CCNC(C(=O)[C@H]3NCC(F)(F)C[C@@H]3C(=O)NO)C2)cc(C)c1C#N. The molecule has 2 heterocycles. The van der Waals surface area contributed by atoms with Crippen LogP contribution >= 0.6 is 0 Å². The Kier molecular flexibility index (Phi) is 6.31. The third-order valence-corrected chi connectivity index (χ3v) is 5.75. The van der Waals surface area contributed by atoms with E-state index in [2.05, 4.69) is 16.7 Å². The Morgan fingerprint density at radius 3 is 2.53 bits per heavy atom. The third-order valence-electron chi connectivity index (χ3n) is 5.75. The average molecular weight is 418 g/mol. The molecule has 7 nitrogen and oxygen atoms in total. The van der Waals surface area contributed by atoms with Crippen molar-refractivity contribution < 1.29 is 23.6 Å². The van der Waals surface area contributed by atoms with Crippen LogP contribution in [0.2, 0.25) is 0 Å². The molecule has 2 aliphatic heterocycles. The lowest BCUT2D eigenvalue weighted by atomic mass is 9.81. The highest BCUT2D eigenvalue weighted by Gasteiger charge is 2.48. The second-order valence-electron chi connectivity index (χ2n) is 7.89. The summed E-state index contributed by atoms with van der Waals surface area (Å²) in [6.45, 7) is 3.40. The van der Waals surface area contributed by atoms with Crippen LogP contribution in [0.25, 0.3) is 5.57 Å². The Morgan fingerprint density at radius 2 is 1.93 bits per heavy atom. The summed E-state index contributed by atoms with van der Waals surface area (Å²) in [6, 6.07) is 4.17. The highest BCUT2D eigenvalue weighted by molar-refractivity contribution is 5.96. The molecular formula is C21H24F2N4O3. The lowest BCUT2D eigenvalue weighted by Gasteiger charge is -2.37. The van der Waals surface area contributed by atoms with Crippen LogP contribution in [-0.2, 0) is 9.59 Å². The van der Waals surface area contributed by atoms with E-state index in [-0.39, 0.29) is 0 Å². The number of hydrogen-bond donors (Lipinski definition) is 4. The van der Waals surface area contributed by atoms with E-state index in [4.69, 9.17) is 5.21 Å². The summed E-state index contributed by atoms with van der Waals surface area (Å²) in [5.41, 5.74) is 5.50. The third kappa shape index (κ3) is 4.41. The van der Waals surface area contributed by atoms with Crippen LogP contribution < -0.4 is 16.1 Å². The largest absolute Gasteiger partial charge is 0.304 e. The summed E-state index contributed by atoms with van der Waals surface area (Å²) in [5, 5.41) is 23.7. The number of rotatable bonds is 4. The molecule has 1 aromatic carbocycles. The molecule has 0 aliphatic carbocycles. The van der Waals surface area contributed by atoms with Crippen LogP contribution in [0.1, 0.15) is 35.1 Å². The molecular weight excluding hydrogens is 394 g/mol. The Balaban J connectivity index is 1.81. The van der Waals surface area contributed by atoms with Gasteiger partial charge in [0.05, 0.1) is 36.2 Å². The van der Waals surface area contributed by atoms with E-state index < -0.39 is 48.6 Å². The number of nitriles is 1. The van der Waals surface area contributed by atoms with Gasteiger partial charge in [-0.15, -0.1) is 0 Å². The number of ketones is 1. The Bertz CT molecular complexity index is 916. The molecule has 0 aromatic heterocycles. The molecule has 1 saturated heterocycles. The summed E-state index contributed by atoms with van der Waals surface area (Å²) in [4.78, 5) is 25.0. The summed E-state index contributed by atoms with van der Waals surface area (Å²) in [6.07, 6.45) is 1.46. The average Bonchev–Trinajstić information content (AvgIpc) is 2.72. The van der Waals surface area contributed by atoms with Gasteiger partial charge in [0, 0.05) is 13.0 Å². The molecule has 2 aliphatic rings. The molecule has 0 saturated carbocycles. The zero-order valence-corrected chi connectivity index (χ0v) is 16.8. The van der Waals surface area contributed by atoms with Crippen LogP contribution in [0.5, 0.6) is 0 Å². The topological polar surface area (TPSA) is 114 Å². The molecule has 0 bridgehead atoms. The van der Waals surface area contributed by atoms with Gasteiger partial charge in [-0.3, -0.25) is 14.8 Å². The number of hydrogen-bond acceptors (Lipinski definition) is 6. The molecule has 0 radical (unpaired) electrons. The number of nitrogens with zero attached hydrogens (tertiary/aromatic N) is 1. The summed E-state index contributed by atoms with van der Waals surface area (Å²) >= 11 is 0. The minimum Gasteiger partial charge on any atom is -0.304 e. The summed E-state index contributed by atoms with van der Waals surface area (Å²) < 4.78 is 27.5. The zero-order chi connectivity index (χ0) is 22.1. The zero-order valence-electron chi connectivity index (χ0n) is 16.8. The summed E-state index contributed by atoms with van der Waals surface area (Å²) in [7, 11) is 0. The van der Waals surface area contributed by atoms with Gasteiger partial charge in [0.1, 0.15) is 0 Å².